The number of ether oxygens (including phenoxy) is 2. The SMILES string of the molecule is CC(C)C(N)C(=O)NCC1COc2ccccc2O1.Cl. The molecule has 0 fully saturated rings. The number of amides is 1. The van der Waals surface area contributed by atoms with Crippen LogP contribution in [0.25, 0.3) is 0 Å². The lowest BCUT2D eigenvalue weighted by molar-refractivity contribution is -0.123. The van der Waals surface area contributed by atoms with Crippen LogP contribution in [0.4, 0.5) is 0 Å². The van der Waals surface area contributed by atoms with Gasteiger partial charge >= 0.3 is 0 Å². The van der Waals surface area contributed by atoms with E-state index in [0.717, 1.165) is 5.75 Å². The molecule has 20 heavy (non-hydrogen) atoms. The maximum Gasteiger partial charge on any atom is 0.237 e. The fraction of sp³-hybridized carbons (Fsp3) is 0.500. The Bertz CT molecular complexity index is 454. The Labute approximate surface area is 125 Å². The molecule has 0 bridgehead atoms. The summed E-state index contributed by atoms with van der Waals surface area (Å²) in [7, 11) is 0. The zero-order valence-electron chi connectivity index (χ0n) is 11.7. The number of hydrogen-bond donors (Lipinski definition) is 2. The minimum atomic E-state index is -0.489. The van der Waals surface area contributed by atoms with Gasteiger partial charge in [0.05, 0.1) is 12.6 Å². The van der Waals surface area contributed by atoms with E-state index in [1.807, 2.05) is 38.1 Å². The van der Waals surface area contributed by atoms with Crippen LogP contribution in [-0.4, -0.2) is 31.2 Å². The molecule has 2 unspecified atom stereocenters. The summed E-state index contributed by atoms with van der Waals surface area (Å²) in [5.41, 5.74) is 5.77. The van der Waals surface area contributed by atoms with Gasteiger partial charge in [-0.1, -0.05) is 26.0 Å². The van der Waals surface area contributed by atoms with E-state index in [0.29, 0.717) is 18.9 Å². The van der Waals surface area contributed by atoms with Crippen LogP contribution in [0, 0.1) is 5.92 Å². The van der Waals surface area contributed by atoms with Crippen LogP contribution in [0.3, 0.4) is 0 Å². The molecule has 1 amide bonds. The second-order valence-corrected chi connectivity index (χ2v) is 5.01. The van der Waals surface area contributed by atoms with Crippen LogP contribution in [-0.2, 0) is 4.79 Å². The molecule has 1 aliphatic heterocycles. The Morgan fingerprint density at radius 2 is 2.05 bits per heavy atom. The number of para-hydroxylation sites is 2. The fourth-order valence-corrected chi connectivity index (χ4v) is 1.80. The number of benzene rings is 1. The van der Waals surface area contributed by atoms with Gasteiger partial charge < -0.3 is 20.5 Å². The van der Waals surface area contributed by atoms with Gasteiger partial charge in [0, 0.05) is 0 Å². The first kappa shape index (κ1) is 16.6. The second-order valence-electron chi connectivity index (χ2n) is 5.01. The normalized spacial score (nSPS) is 18.1. The van der Waals surface area contributed by atoms with Gasteiger partial charge in [-0.25, -0.2) is 0 Å². The van der Waals surface area contributed by atoms with E-state index in [4.69, 9.17) is 15.2 Å². The van der Waals surface area contributed by atoms with Crippen molar-refractivity contribution in [2.24, 2.45) is 11.7 Å². The molecule has 0 aromatic heterocycles. The lowest BCUT2D eigenvalue weighted by Crippen LogP contribution is -2.48. The smallest absolute Gasteiger partial charge is 0.237 e. The van der Waals surface area contributed by atoms with Crippen molar-refractivity contribution in [1.29, 1.82) is 0 Å². The number of hydrogen-bond acceptors (Lipinski definition) is 4. The zero-order valence-corrected chi connectivity index (χ0v) is 12.5. The average Bonchev–Trinajstić information content (AvgIpc) is 2.43. The van der Waals surface area contributed by atoms with Gasteiger partial charge in [-0.05, 0) is 18.1 Å². The zero-order chi connectivity index (χ0) is 13.8. The van der Waals surface area contributed by atoms with Gasteiger partial charge in [0.1, 0.15) is 12.7 Å². The third kappa shape index (κ3) is 4.02. The summed E-state index contributed by atoms with van der Waals surface area (Å²) >= 11 is 0. The van der Waals surface area contributed by atoms with Gasteiger partial charge in [-0.15, -0.1) is 12.4 Å². The van der Waals surface area contributed by atoms with Gasteiger partial charge in [-0.2, -0.15) is 0 Å². The molecule has 5 nitrogen and oxygen atoms in total. The molecule has 0 aliphatic carbocycles. The second kappa shape index (κ2) is 7.36. The molecule has 0 radical (unpaired) electrons. The Balaban J connectivity index is 0.00000200. The quantitative estimate of drug-likeness (QED) is 0.880. The summed E-state index contributed by atoms with van der Waals surface area (Å²) in [5, 5.41) is 2.80. The molecule has 2 atom stereocenters. The van der Waals surface area contributed by atoms with Gasteiger partial charge in [-0.3, -0.25) is 4.79 Å². The highest BCUT2D eigenvalue weighted by Crippen LogP contribution is 2.30. The maximum absolute atomic E-state index is 11.7. The molecule has 0 saturated heterocycles. The highest BCUT2D eigenvalue weighted by molar-refractivity contribution is 5.85. The number of halogens is 1. The molecule has 2 rings (SSSR count). The minimum Gasteiger partial charge on any atom is -0.486 e. The van der Waals surface area contributed by atoms with Crippen molar-refractivity contribution in [3.8, 4) is 11.5 Å². The largest absolute Gasteiger partial charge is 0.486 e. The Morgan fingerprint density at radius 1 is 1.40 bits per heavy atom. The fourth-order valence-electron chi connectivity index (χ4n) is 1.80. The predicted octanol–water partition coefficient (Wildman–Crippen LogP) is 1.35. The molecule has 1 heterocycles. The molecular formula is C14H21ClN2O3. The molecule has 112 valence electrons. The first-order chi connectivity index (χ1) is 9.08. The van der Waals surface area contributed by atoms with E-state index >= 15 is 0 Å². The molecule has 1 aromatic rings. The molecule has 0 spiro atoms. The molecular weight excluding hydrogens is 280 g/mol. The molecule has 0 saturated carbocycles. The van der Waals surface area contributed by atoms with E-state index in [1.54, 1.807) is 0 Å². The first-order valence-corrected chi connectivity index (χ1v) is 6.49. The standard InChI is InChI=1S/C14H20N2O3.ClH/c1-9(2)13(15)14(17)16-7-10-8-18-11-5-3-4-6-12(11)19-10;/h3-6,9-10,13H,7-8,15H2,1-2H3,(H,16,17);1H. The van der Waals surface area contributed by atoms with Crippen molar-refractivity contribution in [3.63, 3.8) is 0 Å². The van der Waals surface area contributed by atoms with Gasteiger partial charge in [0.15, 0.2) is 11.5 Å². The highest BCUT2D eigenvalue weighted by Gasteiger charge is 2.23. The summed E-state index contributed by atoms with van der Waals surface area (Å²) in [4.78, 5) is 11.7. The lowest BCUT2D eigenvalue weighted by atomic mass is 10.1. The summed E-state index contributed by atoms with van der Waals surface area (Å²) in [6.45, 7) is 4.66. The van der Waals surface area contributed by atoms with Gasteiger partial charge in [0.2, 0.25) is 5.91 Å². The van der Waals surface area contributed by atoms with Crippen molar-refractivity contribution in [2.45, 2.75) is 26.0 Å². The van der Waals surface area contributed by atoms with E-state index in [9.17, 15) is 4.79 Å². The number of fused-ring (bicyclic) bond motifs is 1. The van der Waals surface area contributed by atoms with Crippen LogP contribution in [0.2, 0.25) is 0 Å². The molecule has 1 aliphatic rings. The predicted molar refractivity (Wildman–Crippen MR) is 79.4 cm³/mol. The summed E-state index contributed by atoms with van der Waals surface area (Å²) < 4.78 is 11.3. The topological polar surface area (TPSA) is 73.6 Å². The van der Waals surface area contributed by atoms with Crippen LogP contribution in [0.5, 0.6) is 11.5 Å². The summed E-state index contributed by atoms with van der Waals surface area (Å²) in [6, 6.07) is 7.00. The molecule has 1 aromatic carbocycles. The van der Waals surface area contributed by atoms with Crippen molar-refractivity contribution >= 4 is 18.3 Å². The Kier molecular flexibility index (Phi) is 6.10. The molecule has 3 N–H and O–H groups in total. The van der Waals surface area contributed by atoms with E-state index in [1.165, 1.54) is 0 Å². The monoisotopic (exact) mass is 300 g/mol. The van der Waals surface area contributed by atoms with E-state index in [-0.39, 0.29) is 30.3 Å². The first-order valence-electron chi connectivity index (χ1n) is 6.49. The van der Waals surface area contributed by atoms with Crippen LogP contribution in [0.15, 0.2) is 24.3 Å². The number of carbonyl (C=O) groups is 1. The summed E-state index contributed by atoms with van der Waals surface area (Å²) in [5.74, 6) is 1.41. The average molecular weight is 301 g/mol. The van der Waals surface area contributed by atoms with Crippen molar-refractivity contribution in [1.82, 2.24) is 5.32 Å². The van der Waals surface area contributed by atoms with Gasteiger partial charge in [0.25, 0.3) is 0 Å². The van der Waals surface area contributed by atoms with Crippen LogP contribution in [0.1, 0.15) is 13.8 Å². The highest BCUT2D eigenvalue weighted by atomic mass is 35.5. The maximum atomic E-state index is 11.7. The molecule has 6 heteroatoms. The van der Waals surface area contributed by atoms with Crippen LogP contribution >= 0.6 is 12.4 Å². The third-order valence-electron chi connectivity index (χ3n) is 3.09. The minimum absolute atomic E-state index is 0. The van der Waals surface area contributed by atoms with Crippen molar-refractivity contribution < 1.29 is 14.3 Å². The number of nitrogens with one attached hydrogen (secondary N) is 1. The third-order valence-corrected chi connectivity index (χ3v) is 3.09. The Morgan fingerprint density at radius 3 is 2.70 bits per heavy atom. The number of nitrogens with two attached hydrogens (primary N) is 1. The van der Waals surface area contributed by atoms with E-state index < -0.39 is 6.04 Å². The number of carbonyl (C=O) groups excluding carboxylic acids is 1. The Hall–Kier alpha value is -1.46. The number of rotatable bonds is 4. The lowest BCUT2D eigenvalue weighted by Gasteiger charge is -2.27. The van der Waals surface area contributed by atoms with Crippen molar-refractivity contribution in [2.75, 3.05) is 13.2 Å². The summed E-state index contributed by atoms with van der Waals surface area (Å²) in [6.07, 6.45) is -0.182. The van der Waals surface area contributed by atoms with E-state index in [2.05, 4.69) is 5.32 Å². The van der Waals surface area contributed by atoms with Crippen LogP contribution < -0.4 is 20.5 Å². The van der Waals surface area contributed by atoms with Crippen molar-refractivity contribution in [3.05, 3.63) is 24.3 Å².